The van der Waals surface area contributed by atoms with Gasteiger partial charge in [0.25, 0.3) is 0 Å². The first-order valence-electron chi connectivity index (χ1n) is 11.0. The molecule has 170 valence electrons. The highest BCUT2D eigenvalue weighted by Crippen LogP contribution is 2.54. The first-order chi connectivity index (χ1) is 14.4. The van der Waals surface area contributed by atoms with E-state index in [-0.39, 0.29) is 10.7 Å². The average Bonchev–Trinajstić information content (AvgIpc) is 2.65. The molecule has 0 saturated carbocycles. The zero-order valence-corrected chi connectivity index (χ0v) is 19.6. The van der Waals surface area contributed by atoms with Gasteiger partial charge >= 0.3 is 6.18 Å². The molecule has 3 rings (SSSR count). The fourth-order valence-electron chi connectivity index (χ4n) is 4.32. The first kappa shape index (κ1) is 24.2. The van der Waals surface area contributed by atoms with Crippen LogP contribution in [0, 0.1) is 11.2 Å². The maximum atomic E-state index is 14.5. The summed E-state index contributed by atoms with van der Waals surface area (Å²) in [7, 11) is 0. The van der Waals surface area contributed by atoms with E-state index in [0.29, 0.717) is 17.0 Å². The summed E-state index contributed by atoms with van der Waals surface area (Å²) >= 11 is 1.77. The Morgan fingerprint density at radius 3 is 2.29 bits per heavy atom. The highest BCUT2D eigenvalue weighted by atomic mass is 32.2. The molecule has 0 aliphatic carbocycles. The zero-order chi connectivity index (χ0) is 22.9. The molecule has 0 nitrogen and oxygen atoms in total. The molecule has 0 aromatic heterocycles. The molecule has 1 aliphatic heterocycles. The van der Waals surface area contributed by atoms with Crippen molar-refractivity contribution >= 4 is 11.8 Å². The van der Waals surface area contributed by atoms with Gasteiger partial charge in [0.15, 0.2) is 0 Å². The van der Waals surface area contributed by atoms with Gasteiger partial charge in [0.05, 0.1) is 5.56 Å². The fraction of sp³-hybridized carbons (Fsp3) is 0.538. The number of benzene rings is 2. The molecule has 2 aromatic rings. The number of halogens is 4. The van der Waals surface area contributed by atoms with Crippen LogP contribution in [0.4, 0.5) is 17.6 Å². The molecule has 1 aliphatic rings. The Bertz CT molecular complexity index is 897. The molecule has 1 heterocycles. The van der Waals surface area contributed by atoms with Gasteiger partial charge < -0.3 is 0 Å². The molecule has 0 N–H and O–H groups in total. The Morgan fingerprint density at radius 1 is 1.00 bits per heavy atom. The van der Waals surface area contributed by atoms with Crippen LogP contribution in [0.1, 0.15) is 75.1 Å². The molecule has 1 fully saturated rings. The van der Waals surface area contributed by atoms with Crippen molar-refractivity contribution in [3.05, 3.63) is 70.5 Å². The Kier molecular flexibility index (Phi) is 7.15. The maximum absolute atomic E-state index is 14.5. The summed E-state index contributed by atoms with van der Waals surface area (Å²) < 4.78 is 52.9. The highest BCUT2D eigenvalue weighted by molar-refractivity contribution is 8.02. The molecule has 2 aromatic carbocycles. The molecular weight excluding hydrogens is 420 g/mol. The van der Waals surface area contributed by atoms with Gasteiger partial charge in [0, 0.05) is 16.4 Å². The number of hydrogen-bond acceptors (Lipinski definition) is 1. The Balaban J connectivity index is 1.66. The minimum atomic E-state index is -4.52. The predicted molar refractivity (Wildman–Crippen MR) is 122 cm³/mol. The standard InChI is InChI=1S/C26H32F4S/c1-24(2,3)13-6-5-8-18-9-7-10-19(14-18)16-25(4)22(17-31-25)21-12-11-20(15-23(21)27)26(28,29)30/h7,9-12,14-15,22H,5-6,8,13,16-17H2,1-4H3. The molecule has 0 amide bonds. The van der Waals surface area contributed by atoms with Crippen molar-refractivity contribution in [3.63, 3.8) is 0 Å². The number of thioether (sulfide) groups is 1. The SMILES string of the molecule is CC(C)(C)CCCCc1cccc(CC2(C)SCC2c2ccc(C(F)(F)F)cc2F)c1. The van der Waals surface area contributed by atoms with Crippen molar-refractivity contribution in [2.75, 3.05) is 5.75 Å². The molecule has 0 radical (unpaired) electrons. The van der Waals surface area contributed by atoms with E-state index in [1.807, 2.05) is 0 Å². The summed E-state index contributed by atoms with van der Waals surface area (Å²) in [4.78, 5) is 0. The van der Waals surface area contributed by atoms with Gasteiger partial charge in [-0.2, -0.15) is 24.9 Å². The topological polar surface area (TPSA) is 0 Å². The number of alkyl halides is 3. The molecule has 0 bridgehead atoms. The van der Waals surface area contributed by atoms with E-state index in [1.54, 1.807) is 11.8 Å². The maximum Gasteiger partial charge on any atom is 0.416 e. The Morgan fingerprint density at radius 2 is 1.71 bits per heavy atom. The van der Waals surface area contributed by atoms with E-state index in [0.717, 1.165) is 31.1 Å². The minimum Gasteiger partial charge on any atom is -0.207 e. The molecule has 2 atom stereocenters. The number of rotatable bonds is 7. The van der Waals surface area contributed by atoms with Gasteiger partial charge in [-0.1, -0.05) is 57.5 Å². The third kappa shape index (κ3) is 6.27. The lowest BCUT2D eigenvalue weighted by molar-refractivity contribution is -0.137. The van der Waals surface area contributed by atoms with E-state index < -0.39 is 17.6 Å². The summed E-state index contributed by atoms with van der Waals surface area (Å²) in [5, 5.41) is 0. The van der Waals surface area contributed by atoms with Crippen LogP contribution in [0.25, 0.3) is 0 Å². The zero-order valence-electron chi connectivity index (χ0n) is 18.8. The second-order valence-corrected chi connectivity index (χ2v) is 11.7. The third-order valence-electron chi connectivity index (χ3n) is 6.21. The van der Waals surface area contributed by atoms with Gasteiger partial charge in [0.1, 0.15) is 5.82 Å². The van der Waals surface area contributed by atoms with Crippen molar-refractivity contribution in [1.29, 1.82) is 0 Å². The second kappa shape index (κ2) is 9.17. The van der Waals surface area contributed by atoms with E-state index in [1.165, 1.54) is 30.0 Å². The summed E-state index contributed by atoms with van der Waals surface area (Å²) in [6, 6.07) is 11.5. The van der Waals surface area contributed by atoms with Crippen LogP contribution in [0.2, 0.25) is 0 Å². The number of aryl methyl sites for hydroxylation is 1. The smallest absolute Gasteiger partial charge is 0.207 e. The van der Waals surface area contributed by atoms with Crippen molar-refractivity contribution in [3.8, 4) is 0 Å². The number of hydrogen-bond donors (Lipinski definition) is 0. The van der Waals surface area contributed by atoms with E-state index in [2.05, 4.69) is 52.0 Å². The first-order valence-corrected chi connectivity index (χ1v) is 11.9. The molecule has 5 heteroatoms. The van der Waals surface area contributed by atoms with E-state index in [4.69, 9.17) is 0 Å². The molecule has 1 saturated heterocycles. The summed E-state index contributed by atoms with van der Waals surface area (Å²) in [6.07, 6.45) is 0.873. The monoisotopic (exact) mass is 452 g/mol. The molecule has 0 spiro atoms. The molecule has 31 heavy (non-hydrogen) atoms. The second-order valence-electron chi connectivity index (χ2n) is 10.2. The summed E-state index contributed by atoms with van der Waals surface area (Å²) in [6.45, 7) is 8.89. The summed E-state index contributed by atoms with van der Waals surface area (Å²) in [5.41, 5.74) is 2.35. The normalized spacial score (nSPS) is 21.7. The largest absolute Gasteiger partial charge is 0.416 e. The lowest BCUT2D eigenvalue weighted by Gasteiger charge is -2.47. The van der Waals surface area contributed by atoms with Crippen molar-refractivity contribution in [2.24, 2.45) is 5.41 Å². The van der Waals surface area contributed by atoms with Crippen LogP contribution in [-0.4, -0.2) is 10.5 Å². The van der Waals surface area contributed by atoms with Crippen molar-refractivity contribution < 1.29 is 17.6 Å². The third-order valence-corrected chi connectivity index (χ3v) is 7.80. The lowest BCUT2D eigenvalue weighted by atomic mass is 9.81. The van der Waals surface area contributed by atoms with Crippen LogP contribution in [-0.2, 0) is 19.0 Å². The van der Waals surface area contributed by atoms with Gasteiger partial charge in [-0.05, 0) is 66.8 Å². The predicted octanol–water partition coefficient (Wildman–Crippen LogP) is 8.44. The van der Waals surface area contributed by atoms with Gasteiger partial charge in [-0.25, -0.2) is 4.39 Å². The van der Waals surface area contributed by atoms with E-state index >= 15 is 0 Å². The lowest BCUT2D eigenvalue weighted by Crippen LogP contribution is -2.43. The van der Waals surface area contributed by atoms with E-state index in [9.17, 15) is 17.6 Å². The number of unbranched alkanes of at least 4 members (excludes halogenated alkanes) is 1. The Labute approximate surface area is 187 Å². The quantitative estimate of drug-likeness (QED) is 0.300. The average molecular weight is 453 g/mol. The van der Waals surface area contributed by atoms with Crippen LogP contribution < -0.4 is 0 Å². The van der Waals surface area contributed by atoms with Crippen molar-refractivity contribution in [2.45, 2.75) is 76.6 Å². The molecular formula is C26H32F4S. The highest BCUT2D eigenvalue weighted by Gasteiger charge is 2.46. The van der Waals surface area contributed by atoms with Gasteiger partial charge in [-0.15, -0.1) is 0 Å². The van der Waals surface area contributed by atoms with Crippen molar-refractivity contribution in [1.82, 2.24) is 0 Å². The van der Waals surface area contributed by atoms with Gasteiger partial charge in [0.2, 0.25) is 0 Å². The summed E-state index contributed by atoms with van der Waals surface area (Å²) in [5.74, 6) is -0.111. The van der Waals surface area contributed by atoms with Crippen LogP contribution in [0.15, 0.2) is 42.5 Å². The van der Waals surface area contributed by atoms with Crippen LogP contribution in [0.5, 0.6) is 0 Å². The fourth-order valence-corrected chi connectivity index (χ4v) is 5.79. The van der Waals surface area contributed by atoms with Crippen LogP contribution in [0.3, 0.4) is 0 Å². The van der Waals surface area contributed by atoms with Crippen LogP contribution >= 0.6 is 11.8 Å². The minimum absolute atomic E-state index is 0.0878. The Hall–Kier alpha value is -1.49. The van der Waals surface area contributed by atoms with Gasteiger partial charge in [-0.3, -0.25) is 0 Å². The molecule has 2 unspecified atom stereocenters.